The summed E-state index contributed by atoms with van der Waals surface area (Å²) in [4.78, 5) is 16.9. The molecule has 1 fully saturated rings. The Hall–Kier alpha value is -2.11. The van der Waals surface area contributed by atoms with E-state index in [-0.39, 0.29) is 30.7 Å². The van der Waals surface area contributed by atoms with Gasteiger partial charge in [0.15, 0.2) is 0 Å². The predicted octanol–water partition coefficient (Wildman–Crippen LogP) is 3.39. The fraction of sp³-hybridized carbons (Fsp3) is 0.316. The minimum absolute atomic E-state index is 0. The van der Waals surface area contributed by atoms with E-state index in [1.807, 2.05) is 42.2 Å². The zero-order chi connectivity index (χ0) is 17.1. The van der Waals surface area contributed by atoms with E-state index in [0.717, 1.165) is 30.1 Å². The van der Waals surface area contributed by atoms with Crippen LogP contribution in [0, 0.1) is 6.92 Å². The maximum atomic E-state index is 12.7. The van der Waals surface area contributed by atoms with Gasteiger partial charge in [0.2, 0.25) is 0 Å². The molecule has 0 bridgehead atoms. The molecular formula is C19H25Cl2N3O2. The molecule has 2 aromatic rings. The van der Waals surface area contributed by atoms with E-state index in [4.69, 9.17) is 10.5 Å². The summed E-state index contributed by atoms with van der Waals surface area (Å²) in [7, 11) is 1.67. The minimum Gasteiger partial charge on any atom is -0.497 e. The molecule has 0 radical (unpaired) electrons. The average molecular weight is 398 g/mol. The molecule has 142 valence electrons. The SMILES string of the molecule is COc1cccc(N2CCN(C(=O)c3cc(N)ccc3C)CC2)c1.Cl.Cl. The minimum atomic E-state index is 0. The van der Waals surface area contributed by atoms with Crippen LogP contribution in [0.4, 0.5) is 11.4 Å². The third-order valence-corrected chi connectivity index (χ3v) is 4.48. The van der Waals surface area contributed by atoms with Crippen molar-refractivity contribution in [1.82, 2.24) is 4.90 Å². The van der Waals surface area contributed by atoms with E-state index in [0.29, 0.717) is 24.3 Å². The Labute approximate surface area is 166 Å². The Balaban J connectivity index is 0.00000169. The number of nitrogen functional groups attached to an aromatic ring is 1. The molecule has 5 nitrogen and oxygen atoms in total. The van der Waals surface area contributed by atoms with Crippen LogP contribution in [0.3, 0.4) is 0 Å². The monoisotopic (exact) mass is 397 g/mol. The molecule has 1 aliphatic rings. The molecule has 0 saturated carbocycles. The highest BCUT2D eigenvalue weighted by Crippen LogP contribution is 2.23. The Morgan fingerprint density at radius 2 is 1.73 bits per heavy atom. The average Bonchev–Trinajstić information content (AvgIpc) is 2.63. The van der Waals surface area contributed by atoms with Crippen molar-refractivity contribution in [3.05, 3.63) is 53.6 Å². The molecule has 1 aliphatic heterocycles. The van der Waals surface area contributed by atoms with Crippen molar-refractivity contribution >= 4 is 42.1 Å². The van der Waals surface area contributed by atoms with Gasteiger partial charge in [-0.05, 0) is 36.8 Å². The van der Waals surface area contributed by atoms with Crippen LogP contribution in [0.1, 0.15) is 15.9 Å². The first-order chi connectivity index (χ1) is 11.6. The fourth-order valence-electron chi connectivity index (χ4n) is 3.02. The lowest BCUT2D eigenvalue weighted by atomic mass is 10.1. The zero-order valence-corrected chi connectivity index (χ0v) is 16.6. The number of rotatable bonds is 3. The van der Waals surface area contributed by atoms with Crippen molar-refractivity contribution in [3.8, 4) is 5.75 Å². The summed E-state index contributed by atoms with van der Waals surface area (Å²) < 4.78 is 5.28. The lowest BCUT2D eigenvalue weighted by Gasteiger charge is -2.36. The Kier molecular flexibility index (Phi) is 8.06. The molecule has 1 saturated heterocycles. The van der Waals surface area contributed by atoms with Crippen molar-refractivity contribution in [2.24, 2.45) is 0 Å². The van der Waals surface area contributed by atoms with E-state index in [2.05, 4.69) is 11.0 Å². The van der Waals surface area contributed by atoms with Gasteiger partial charge in [-0.2, -0.15) is 0 Å². The molecule has 0 aromatic heterocycles. The van der Waals surface area contributed by atoms with Crippen LogP contribution in [0.5, 0.6) is 5.75 Å². The van der Waals surface area contributed by atoms with E-state index in [1.54, 1.807) is 13.2 Å². The molecule has 0 atom stereocenters. The van der Waals surface area contributed by atoms with Gasteiger partial charge >= 0.3 is 0 Å². The van der Waals surface area contributed by atoms with Gasteiger partial charge in [-0.1, -0.05) is 12.1 Å². The summed E-state index contributed by atoms with van der Waals surface area (Å²) in [5.41, 5.74) is 9.24. The highest BCUT2D eigenvalue weighted by atomic mass is 35.5. The van der Waals surface area contributed by atoms with Gasteiger partial charge in [0, 0.05) is 49.2 Å². The second-order valence-electron chi connectivity index (χ2n) is 6.06. The van der Waals surface area contributed by atoms with Crippen LogP contribution < -0.4 is 15.4 Å². The molecule has 1 amide bonds. The third kappa shape index (κ3) is 4.74. The first-order valence-corrected chi connectivity index (χ1v) is 8.13. The fourth-order valence-corrected chi connectivity index (χ4v) is 3.02. The van der Waals surface area contributed by atoms with Crippen molar-refractivity contribution < 1.29 is 9.53 Å². The Bertz CT molecular complexity index is 747. The van der Waals surface area contributed by atoms with Crippen LogP contribution >= 0.6 is 24.8 Å². The molecular weight excluding hydrogens is 373 g/mol. The van der Waals surface area contributed by atoms with Gasteiger partial charge in [0.05, 0.1) is 7.11 Å². The standard InChI is InChI=1S/C19H23N3O2.2ClH/c1-14-6-7-15(20)12-18(14)19(23)22-10-8-21(9-11-22)16-4-3-5-17(13-16)24-2;;/h3-7,12-13H,8-11,20H2,1-2H3;2*1H. The van der Waals surface area contributed by atoms with Crippen molar-refractivity contribution in [2.75, 3.05) is 43.9 Å². The second kappa shape index (κ2) is 9.55. The Morgan fingerprint density at radius 1 is 1.04 bits per heavy atom. The third-order valence-electron chi connectivity index (χ3n) is 4.48. The van der Waals surface area contributed by atoms with Crippen molar-refractivity contribution in [2.45, 2.75) is 6.92 Å². The van der Waals surface area contributed by atoms with Crippen LogP contribution in [0.2, 0.25) is 0 Å². The lowest BCUT2D eigenvalue weighted by molar-refractivity contribution is 0.0746. The van der Waals surface area contributed by atoms with Crippen molar-refractivity contribution in [1.29, 1.82) is 0 Å². The maximum Gasteiger partial charge on any atom is 0.254 e. The summed E-state index contributed by atoms with van der Waals surface area (Å²) in [5, 5.41) is 0. The largest absolute Gasteiger partial charge is 0.497 e. The van der Waals surface area contributed by atoms with Crippen molar-refractivity contribution in [3.63, 3.8) is 0 Å². The quantitative estimate of drug-likeness (QED) is 0.806. The number of nitrogens with two attached hydrogens (primary N) is 1. The highest BCUT2D eigenvalue weighted by Gasteiger charge is 2.23. The number of methoxy groups -OCH3 is 1. The normalized spacial score (nSPS) is 13.5. The zero-order valence-electron chi connectivity index (χ0n) is 15.0. The topological polar surface area (TPSA) is 58.8 Å². The number of benzene rings is 2. The number of halogens is 2. The van der Waals surface area contributed by atoms with Gasteiger partial charge in [-0.25, -0.2) is 0 Å². The van der Waals surface area contributed by atoms with Gasteiger partial charge in [-0.15, -0.1) is 24.8 Å². The molecule has 2 N–H and O–H groups in total. The molecule has 1 heterocycles. The van der Waals surface area contributed by atoms with E-state index < -0.39 is 0 Å². The maximum absolute atomic E-state index is 12.7. The number of hydrogen-bond acceptors (Lipinski definition) is 4. The number of hydrogen-bond donors (Lipinski definition) is 1. The first-order valence-electron chi connectivity index (χ1n) is 8.13. The summed E-state index contributed by atoms with van der Waals surface area (Å²) in [6.45, 7) is 4.95. The molecule has 3 rings (SSSR count). The van der Waals surface area contributed by atoms with Crippen LogP contribution in [-0.2, 0) is 0 Å². The summed E-state index contributed by atoms with van der Waals surface area (Å²) >= 11 is 0. The molecule has 0 spiro atoms. The van der Waals surface area contributed by atoms with Crippen LogP contribution in [0.15, 0.2) is 42.5 Å². The number of ether oxygens (including phenoxy) is 1. The molecule has 0 unspecified atom stereocenters. The summed E-state index contributed by atoms with van der Waals surface area (Å²) in [6, 6.07) is 13.5. The highest BCUT2D eigenvalue weighted by molar-refractivity contribution is 5.96. The van der Waals surface area contributed by atoms with Gasteiger partial charge in [0.25, 0.3) is 5.91 Å². The molecule has 2 aromatic carbocycles. The van der Waals surface area contributed by atoms with Crippen LogP contribution in [-0.4, -0.2) is 44.1 Å². The number of aryl methyl sites for hydroxylation is 1. The van der Waals surface area contributed by atoms with Crippen LogP contribution in [0.25, 0.3) is 0 Å². The van der Waals surface area contributed by atoms with E-state index in [1.165, 1.54) is 0 Å². The number of anilines is 2. The van der Waals surface area contributed by atoms with E-state index in [9.17, 15) is 4.79 Å². The lowest BCUT2D eigenvalue weighted by Crippen LogP contribution is -2.49. The summed E-state index contributed by atoms with van der Waals surface area (Å²) in [6.07, 6.45) is 0. The molecule has 7 heteroatoms. The Morgan fingerprint density at radius 3 is 2.38 bits per heavy atom. The number of amides is 1. The van der Waals surface area contributed by atoms with Gasteiger partial charge in [0.1, 0.15) is 5.75 Å². The molecule has 26 heavy (non-hydrogen) atoms. The first kappa shape index (κ1) is 21.9. The number of nitrogens with zero attached hydrogens (tertiary/aromatic N) is 2. The summed E-state index contributed by atoms with van der Waals surface area (Å²) in [5.74, 6) is 0.909. The number of carbonyl (C=O) groups excluding carboxylic acids is 1. The predicted molar refractivity (Wildman–Crippen MR) is 111 cm³/mol. The van der Waals surface area contributed by atoms with Gasteiger partial charge < -0.3 is 20.3 Å². The smallest absolute Gasteiger partial charge is 0.254 e. The van der Waals surface area contributed by atoms with E-state index >= 15 is 0 Å². The number of piperazine rings is 1. The number of carbonyl (C=O) groups is 1. The molecule has 0 aliphatic carbocycles. The second-order valence-corrected chi connectivity index (χ2v) is 6.06. The van der Waals surface area contributed by atoms with Gasteiger partial charge in [-0.3, -0.25) is 4.79 Å².